The molecular weight excluding hydrogens is 252 g/mol. The first-order valence-corrected chi connectivity index (χ1v) is 7.42. The first-order chi connectivity index (χ1) is 9.58. The summed E-state index contributed by atoms with van der Waals surface area (Å²) in [5, 5.41) is 0. The van der Waals surface area contributed by atoms with Gasteiger partial charge in [-0.3, -0.25) is 14.6 Å². The normalized spacial score (nSPS) is 28.2. The molecule has 1 heterocycles. The number of rotatable bonds is 4. The molecule has 1 aliphatic heterocycles. The molecule has 0 spiro atoms. The Morgan fingerprint density at radius 2 is 2.25 bits per heavy atom. The number of likely N-dealkylation sites (N-methyl/N-ethyl adjacent to an activating group) is 1. The minimum atomic E-state index is -0.252. The number of hydrogen-bond donors (Lipinski definition) is 2. The van der Waals surface area contributed by atoms with Crippen LogP contribution >= 0.6 is 0 Å². The Bertz CT molecular complexity index is 405. The number of carbonyl (C=O) groups excluding carboxylic acids is 1. The minimum Gasteiger partial charge on any atom is -0.401 e. The largest absolute Gasteiger partial charge is 0.401 e. The summed E-state index contributed by atoms with van der Waals surface area (Å²) in [6, 6.07) is 0.789. The number of likely N-dealkylation sites (tertiary alicyclic amines) is 1. The lowest BCUT2D eigenvalue weighted by atomic mass is 10.0. The van der Waals surface area contributed by atoms with Crippen LogP contribution in [0.25, 0.3) is 0 Å². The summed E-state index contributed by atoms with van der Waals surface area (Å²) in [5.74, 6) is -0.252. The van der Waals surface area contributed by atoms with Crippen LogP contribution in [0.5, 0.6) is 0 Å². The predicted octanol–water partition coefficient (Wildman–Crippen LogP) is 0.429. The predicted molar refractivity (Wildman–Crippen MR) is 80.9 cm³/mol. The monoisotopic (exact) mass is 278 g/mol. The van der Waals surface area contributed by atoms with Crippen molar-refractivity contribution in [2.75, 3.05) is 26.7 Å². The number of amides is 1. The standard InChI is InChI=1S/C15H26N4O/c1-18(11-15(17)20)12-5-4-9-19(10-8-12)14-7-3-2-6-13(14)16/h2-3,6,12,14H,4-5,7-11,16H2,1H3,(H2,17,20). The van der Waals surface area contributed by atoms with Gasteiger partial charge in [0.15, 0.2) is 0 Å². The highest BCUT2D eigenvalue weighted by Gasteiger charge is 2.26. The fourth-order valence-corrected chi connectivity index (χ4v) is 3.22. The van der Waals surface area contributed by atoms with Gasteiger partial charge in [0.2, 0.25) is 5.91 Å². The van der Waals surface area contributed by atoms with Crippen LogP contribution in [0.1, 0.15) is 25.7 Å². The lowest BCUT2D eigenvalue weighted by Gasteiger charge is -2.32. The lowest BCUT2D eigenvalue weighted by molar-refractivity contribution is -0.119. The topological polar surface area (TPSA) is 75.6 Å². The van der Waals surface area contributed by atoms with Crippen LogP contribution in [0, 0.1) is 0 Å². The number of nitrogens with two attached hydrogens (primary N) is 2. The van der Waals surface area contributed by atoms with Gasteiger partial charge in [-0.05, 0) is 45.4 Å². The van der Waals surface area contributed by atoms with Crippen molar-refractivity contribution in [3.05, 3.63) is 23.9 Å². The molecule has 0 aromatic heterocycles. The van der Waals surface area contributed by atoms with E-state index >= 15 is 0 Å². The summed E-state index contributed by atoms with van der Waals surface area (Å²) in [7, 11) is 1.99. The van der Waals surface area contributed by atoms with Gasteiger partial charge in [0.1, 0.15) is 0 Å². The Balaban J connectivity index is 1.90. The van der Waals surface area contributed by atoms with Crippen LogP contribution < -0.4 is 11.5 Å². The van der Waals surface area contributed by atoms with Crippen molar-refractivity contribution >= 4 is 5.91 Å². The van der Waals surface area contributed by atoms with Crippen molar-refractivity contribution in [2.45, 2.75) is 37.8 Å². The molecule has 0 bridgehead atoms. The molecule has 112 valence electrons. The molecule has 1 fully saturated rings. The quantitative estimate of drug-likeness (QED) is 0.782. The summed E-state index contributed by atoms with van der Waals surface area (Å²) in [5.41, 5.74) is 12.4. The average molecular weight is 278 g/mol. The summed E-state index contributed by atoms with van der Waals surface area (Å²) < 4.78 is 0. The Morgan fingerprint density at radius 1 is 1.45 bits per heavy atom. The summed E-state index contributed by atoms with van der Waals surface area (Å²) in [6.45, 7) is 2.45. The molecule has 20 heavy (non-hydrogen) atoms. The van der Waals surface area contributed by atoms with Gasteiger partial charge in [-0.2, -0.15) is 0 Å². The van der Waals surface area contributed by atoms with Crippen LogP contribution in [0.15, 0.2) is 23.9 Å². The maximum Gasteiger partial charge on any atom is 0.231 e. The summed E-state index contributed by atoms with van der Waals surface area (Å²) in [6.07, 6.45) is 10.6. The third-order valence-electron chi connectivity index (χ3n) is 4.37. The Hall–Kier alpha value is -1.33. The molecule has 0 aromatic carbocycles. The Morgan fingerprint density at radius 3 is 2.95 bits per heavy atom. The molecule has 5 nitrogen and oxygen atoms in total. The van der Waals surface area contributed by atoms with Crippen molar-refractivity contribution in [2.24, 2.45) is 11.5 Å². The number of allylic oxidation sites excluding steroid dienone is 2. The fourth-order valence-electron chi connectivity index (χ4n) is 3.22. The second-order valence-corrected chi connectivity index (χ2v) is 5.85. The lowest BCUT2D eigenvalue weighted by Crippen LogP contribution is -2.41. The van der Waals surface area contributed by atoms with E-state index in [0.29, 0.717) is 18.6 Å². The second kappa shape index (κ2) is 6.90. The minimum absolute atomic E-state index is 0.252. The number of primary amides is 1. The van der Waals surface area contributed by atoms with Crippen LogP contribution in [0.2, 0.25) is 0 Å². The van der Waals surface area contributed by atoms with E-state index in [0.717, 1.165) is 44.5 Å². The Kier molecular flexibility index (Phi) is 5.20. The average Bonchev–Trinajstić information content (AvgIpc) is 2.64. The summed E-state index contributed by atoms with van der Waals surface area (Å²) >= 11 is 0. The van der Waals surface area contributed by atoms with Gasteiger partial charge in [0.25, 0.3) is 0 Å². The molecule has 0 saturated carbocycles. The second-order valence-electron chi connectivity index (χ2n) is 5.85. The van der Waals surface area contributed by atoms with Gasteiger partial charge in [-0.15, -0.1) is 0 Å². The van der Waals surface area contributed by atoms with Crippen LogP contribution in [-0.4, -0.2) is 54.5 Å². The van der Waals surface area contributed by atoms with Crippen LogP contribution in [0.3, 0.4) is 0 Å². The fraction of sp³-hybridized carbons (Fsp3) is 0.667. The number of carbonyl (C=O) groups is 1. The maximum atomic E-state index is 11.0. The zero-order valence-corrected chi connectivity index (χ0v) is 12.3. The molecule has 2 aliphatic rings. The van der Waals surface area contributed by atoms with E-state index in [2.05, 4.69) is 15.9 Å². The van der Waals surface area contributed by atoms with Gasteiger partial charge in [0, 0.05) is 18.3 Å². The molecular formula is C15H26N4O. The van der Waals surface area contributed by atoms with Crippen molar-refractivity contribution in [1.29, 1.82) is 0 Å². The molecule has 2 unspecified atom stereocenters. The highest BCUT2D eigenvalue weighted by molar-refractivity contribution is 5.75. The van der Waals surface area contributed by atoms with Gasteiger partial charge >= 0.3 is 0 Å². The molecule has 2 atom stereocenters. The highest BCUT2D eigenvalue weighted by Crippen LogP contribution is 2.22. The van der Waals surface area contributed by atoms with E-state index < -0.39 is 0 Å². The SMILES string of the molecule is CN(CC(N)=O)C1CCCN(C2CC=CC=C2N)CC1. The van der Waals surface area contributed by atoms with Crippen molar-refractivity contribution in [3.8, 4) is 0 Å². The first kappa shape index (κ1) is 15.1. The zero-order chi connectivity index (χ0) is 14.5. The van der Waals surface area contributed by atoms with Gasteiger partial charge in [0.05, 0.1) is 12.6 Å². The molecule has 1 saturated heterocycles. The smallest absolute Gasteiger partial charge is 0.231 e. The van der Waals surface area contributed by atoms with Crippen molar-refractivity contribution in [3.63, 3.8) is 0 Å². The summed E-state index contributed by atoms with van der Waals surface area (Å²) in [4.78, 5) is 15.6. The molecule has 2 rings (SSSR count). The van der Waals surface area contributed by atoms with Crippen molar-refractivity contribution in [1.82, 2.24) is 9.80 Å². The van der Waals surface area contributed by atoms with Crippen LogP contribution in [0.4, 0.5) is 0 Å². The van der Waals surface area contributed by atoms with E-state index in [-0.39, 0.29) is 5.91 Å². The van der Waals surface area contributed by atoms with E-state index in [1.54, 1.807) is 0 Å². The Labute approximate surface area is 121 Å². The first-order valence-electron chi connectivity index (χ1n) is 7.42. The van der Waals surface area contributed by atoms with Crippen molar-refractivity contribution < 1.29 is 4.79 Å². The third-order valence-corrected chi connectivity index (χ3v) is 4.37. The molecule has 1 amide bonds. The van der Waals surface area contributed by atoms with E-state index in [1.165, 1.54) is 0 Å². The van der Waals surface area contributed by atoms with Gasteiger partial charge in [-0.25, -0.2) is 0 Å². The molecule has 5 heteroatoms. The zero-order valence-electron chi connectivity index (χ0n) is 12.3. The third kappa shape index (κ3) is 3.84. The van der Waals surface area contributed by atoms with E-state index in [9.17, 15) is 4.79 Å². The van der Waals surface area contributed by atoms with E-state index in [1.807, 2.05) is 19.2 Å². The number of nitrogens with zero attached hydrogens (tertiary/aromatic N) is 2. The molecule has 0 radical (unpaired) electrons. The molecule has 0 aromatic rings. The molecule has 4 N–H and O–H groups in total. The van der Waals surface area contributed by atoms with Crippen LogP contribution in [-0.2, 0) is 4.79 Å². The van der Waals surface area contributed by atoms with E-state index in [4.69, 9.17) is 11.5 Å². The number of hydrogen-bond acceptors (Lipinski definition) is 4. The molecule has 1 aliphatic carbocycles. The highest BCUT2D eigenvalue weighted by atomic mass is 16.1. The van der Waals surface area contributed by atoms with Gasteiger partial charge in [-0.1, -0.05) is 12.2 Å². The van der Waals surface area contributed by atoms with Gasteiger partial charge < -0.3 is 11.5 Å². The maximum absolute atomic E-state index is 11.0.